The van der Waals surface area contributed by atoms with Crippen molar-refractivity contribution in [1.82, 2.24) is 19.6 Å². The average molecular weight is 379 g/mol. The van der Waals surface area contributed by atoms with Crippen LogP contribution in [0.3, 0.4) is 0 Å². The second kappa shape index (κ2) is 7.63. The number of furan rings is 1. The topological polar surface area (TPSA) is 85.3 Å². The Labute approximate surface area is 159 Å². The van der Waals surface area contributed by atoms with Crippen LogP contribution in [0.5, 0.6) is 0 Å². The van der Waals surface area contributed by atoms with Crippen LogP contribution >= 0.6 is 11.8 Å². The van der Waals surface area contributed by atoms with Crippen molar-refractivity contribution in [1.29, 1.82) is 0 Å². The van der Waals surface area contributed by atoms with Gasteiger partial charge in [-0.05, 0) is 48.9 Å². The number of fused-ring (bicyclic) bond motifs is 1. The first-order valence-corrected chi connectivity index (χ1v) is 9.37. The van der Waals surface area contributed by atoms with Crippen LogP contribution < -0.4 is 5.32 Å². The summed E-state index contributed by atoms with van der Waals surface area (Å²) in [4.78, 5) is 21.8. The standard InChI is InChI=1S/C19H17N5O2S/c1-2-4-14-11-17(24-19(23-14)20-12-21-24)27-15-8-6-13(7-9-15)22-18(25)16-5-3-10-26-16/h3,5-12H,2,4H2,1H3,(H,22,25). The van der Waals surface area contributed by atoms with Crippen LogP contribution in [0.1, 0.15) is 29.6 Å². The fourth-order valence-corrected chi connectivity index (χ4v) is 3.54. The van der Waals surface area contributed by atoms with E-state index in [1.54, 1.807) is 28.4 Å². The molecule has 0 spiro atoms. The van der Waals surface area contributed by atoms with Gasteiger partial charge in [-0.3, -0.25) is 4.79 Å². The highest BCUT2D eigenvalue weighted by atomic mass is 32.2. The molecule has 0 aliphatic rings. The van der Waals surface area contributed by atoms with Crippen LogP contribution in [0.2, 0.25) is 0 Å². The lowest BCUT2D eigenvalue weighted by molar-refractivity contribution is 0.0996. The number of rotatable bonds is 6. The number of benzene rings is 1. The van der Waals surface area contributed by atoms with Crippen molar-refractivity contribution in [2.75, 3.05) is 5.32 Å². The van der Waals surface area contributed by atoms with Gasteiger partial charge >= 0.3 is 0 Å². The zero-order valence-corrected chi connectivity index (χ0v) is 15.4. The molecule has 1 aromatic carbocycles. The molecule has 136 valence electrons. The molecule has 0 atom stereocenters. The van der Waals surface area contributed by atoms with Gasteiger partial charge in [0, 0.05) is 16.3 Å². The minimum atomic E-state index is -0.275. The molecule has 1 amide bonds. The second-order valence-electron chi connectivity index (χ2n) is 5.87. The highest BCUT2D eigenvalue weighted by Crippen LogP contribution is 2.29. The normalized spacial score (nSPS) is 11.0. The number of nitrogens with zero attached hydrogens (tertiary/aromatic N) is 4. The fourth-order valence-electron chi connectivity index (χ4n) is 2.62. The average Bonchev–Trinajstić information content (AvgIpc) is 3.35. The first kappa shape index (κ1) is 17.3. The third kappa shape index (κ3) is 3.85. The molecule has 3 heterocycles. The monoisotopic (exact) mass is 379 g/mol. The highest BCUT2D eigenvalue weighted by molar-refractivity contribution is 7.99. The molecule has 7 nitrogen and oxygen atoms in total. The third-order valence-electron chi connectivity index (χ3n) is 3.86. The highest BCUT2D eigenvalue weighted by Gasteiger charge is 2.11. The van der Waals surface area contributed by atoms with Crippen LogP contribution in [0.15, 0.2) is 69.4 Å². The van der Waals surface area contributed by atoms with E-state index >= 15 is 0 Å². The zero-order chi connectivity index (χ0) is 18.6. The quantitative estimate of drug-likeness (QED) is 0.508. The van der Waals surface area contributed by atoms with Crippen molar-refractivity contribution in [2.45, 2.75) is 29.7 Å². The Morgan fingerprint density at radius 1 is 1.26 bits per heavy atom. The minimum Gasteiger partial charge on any atom is -0.459 e. The molecular formula is C19H17N5O2S. The van der Waals surface area contributed by atoms with Crippen molar-refractivity contribution in [3.8, 4) is 0 Å². The van der Waals surface area contributed by atoms with Crippen LogP contribution in [-0.2, 0) is 6.42 Å². The van der Waals surface area contributed by atoms with Gasteiger partial charge in [-0.1, -0.05) is 25.1 Å². The van der Waals surface area contributed by atoms with E-state index in [0.29, 0.717) is 11.5 Å². The molecule has 0 aliphatic carbocycles. The van der Waals surface area contributed by atoms with E-state index in [0.717, 1.165) is 28.5 Å². The molecular weight excluding hydrogens is 362 g/mol. The smallest absolute Gasteiger partial charge is 0.291 e. The Morgan fingerprint density at radius 3 is 2.85 bits per heavy atom. The molecule has 8 heteroatoms. The summed E-state index contributed by atoms with van der Waals surface area (Å²) in [5.74, 6) is 0.608. The molecule has 3 aromatic heterocycles. The molecule has 0 unspecified atom stereocenters. The van der Waals surface area contributed by atoms with E-state index in [2.05, 4.69) is 27.3 Å². The molecule has 0 radical (unpaired) electrons. The van der Waals surface area contributed by atoms with Crippen LogP contribution in [0.4, 0.5) is 5.69 Å². The lowest BCUT2D eigenvalue weighted by atomic mass is 10.2. The van der Waals surface area contributed by atoms with Gasteiger partial charge in [-0.15, -0.1) is 0 Å². The largest absolute Gasteiger partial charge is 0.459 e. The Hall–Kier alpha value is -3.13. The summed E-state index contributed by atoms with van der Waals surface area (Å²) in [5, 5.41) is 8.02. The molecule has 1 N–H and O–H groups in total. The summed E-state index contributed by atoms with van der Waals surface area (Å²) in [6.45, 7) is 2.12. The maximum absolute atomic E-state index is 12.0. The van der Waals surface area contributed by atoms with Gasteiger partial charge < -0.3 is 9.73 Å². The third-order valence-corrected chi connectivity index (χ3v) is 4.87. The van der Waals surface area contributed by atoms with Crippen molar-refractivity contribution in [2.24, 2.45) is 0 Å². The Kier molecular flexibility index (Phi) is 4.88. The number of nitrogens with one attached hydrogen (secondary N) is 1. The lowest BCUT2D eigenvalue weighted by Gasteiger charge is -2.08. The summed E-state index contributed by atoms with van der Waals surface area (Å²) in [7, 11) is 0. The molecule has 4 rings (SSSR count). The Bertz CT molecular complexity index is 1060. The lowest BCUT2D eigenvalue weighted by Crippen LogP contribution is -2.10. The van der Waals surface area contributed by atoms with Gasteiger partial charge in [0.2, 0.25) is 0 Å². The van der Waals surface area contributed by atoms with Gasteiger partial charge in [0.25, 0.3) is 11.7 Å². The van der Waals surface area contributed by atoms with Crippen LogP contribution in [-0.4, -0.2) is 25.5 Å². The van der Waals surface area contributed by atoms with E-state index in [4.69, 9.17) is 4.42 Å². The molecule has 0 aliphatic heterocycles. The van der Waals surface area contributed by atoms with Crippen molar-refractivity contribution >= 4 is 29.1 Å². The molecule has 4 aromatic rings. The zero-order valence-electron chi connectivity index (χ0n) is 14.6. The summed E-state index contributed by atoms with van der Waals surface area (Å²) in [6.07, 6.45) is 4.90. The second-order valence-corrected chi connectivity index (χ2v) is 6.96. The summed E-state index contributed by atoms with van der Waals surface area (Å²) < 4.78 is 6.83. The van der Waals surface area contributed by atoms with E-state index < -0.39 is 0 Å². The van der Waals surface area contributed by atoms with Crippen molar-refractivity contribution in [3.63, 3.8) is 0 Å². The number of carbonyl (C=O) groups excluding carboxylic acids is 1. The van der Waals surface area contributed by atoms with Crippen molar-refractivity contribution in [3.05, 3.63) is 66.5 Å². The van der Waals surface area contributed by atoms with Crippen LogP contribution in [0.25, 0.3) is 5.78 Å². The number of aromatic nitrogens is 4. The predicted molar refractivity (Wildman–Crippen MR) is 102 cm³/mol. The number of amides is 1. The van der Waals surface area contributed by atoms with Gasteiger partial charge in [0.15, 0.2) is 5.76 Å². The summed E-state index contributed by atoms with van der Waals surface area (Å²) in [5.41, 5.74) is 1.70. The number of carbonyl (C=O) groups is 1. The fraction of sp³-hybridized carbons (Fsp3) is 0.158. The number of hydrogen-bond acceptors (Lipinski definition) is 6. The Balaban J connectivity index is 1.52. The Morgan fingerprint density at radius 2 is 2.11 bits per heavy atom. The van der Waals surface area contributed by atoms with E-state index in [1.807, 2.05) is 30.3 Å². The summed E-state index contributed by atoms with van der Waals surface area (Å²) >= 11 is 1.58. The maximum atomic E-state index is 12.0. The number of anilines is 1. The molecule has 27 heavy (non-hydrogen) atoms. The molecule has 0 saturated carbocycles. The SMILES string of the molecule is CCCc1cc(Sc2ccc(NC(=O)c3ccco3)cc2)n2ncnc2n1. The number of aryl methyl sites for hydroxylation is 1. The molecule has 0 saturated heterocycles. The van der Waals surface area contributed by atoms with E-state index in [1.165, 1.54) is 12.6 Å². The van der Waals surface area contributed by atoms with Gasteiger partial charge in [0.05, 0.1) is 6.26 Å². The molecule has 0 fully saturated rings. The first-order chi connectivity index (χ1) is 13.2. The maximum Gasteiger partial charge on any atom is 0.291 e. The van der Waals surface area contributed by atoms with Gasteiger partial charge in [-0.2, -0.15) is 14.6 Å². The van der Waals surface area contributed by atoms with Gasteiger partial charge in [0.1, 0.15) is 11.4 Å². The van der Waals surface area contributed by atoms with Crippen molar-refractivity contribution < 1.29 is 9.21 Å². The minimum absolute atomic E-state index is 0.275. The molecule has 0 bridgehead atoms. The van der Waals surface area contributed by atoms with E-state index in [-0.39, 0.29) is 11.7 Å². The number of hydrogen-bond donors (Lipinski definition) is 1. The first-order valence-electron chi connectivity index (χ1n) is 8.55. The van der Waals surface area contributed by atoms with Crippen LogP contribution in [0, 0.1) is 0 Å². The van der Waals surface area contributed by atoms with E-state index in [9.17, 15) is 4.79 Å². The summed E-state index contributed by atoms with van der Waals surface area (Å²) in [6, 6.07) is 13.0. The predicted octanol–water partition coefficient (Wildman–Crippen LogP) is 4.07. The van der Waals surface area contributed by atoms with Gasteiger partial charge in [-0.25, -0.2) is 4.98 Å².